The summed E-state index contributed by atoms with van der Waals surface area (Å²) in [5, 5.41) is 8.84. The van der Waals surface area contributed by atoms with Gasteiger partial charge in [-0.15, -0.1) is 0 Å². The number of hydrogen-bond donors (Lipinski definition) is 1. The quantitative estimate of drug-likeness (QED) is 0.753. The Hall–Kier alpha value is -0.460. The van der Waals surface area contributed by atoms with Crippen molar-refractivity contribution in [3.05, 3.63) is 0 Å². The zero-order chi connectivity index (χ0) is 11.6. The smallest absolute Gasteiger partial charge is 0.320 e. The first-order valence-electron chi connectivity index (χ1n) is 5.05. The number of hydrogen-bond acceptors (Lipinski definition) is 3. The van der Waals surface area contributed by atoms with Crippen molar-refractivity contribution >= 4 is 17.0 Å². The monoisotopic (exact) mass is 234 g/mol. The number of carbonyl (C=O) groups is 1. The Kier molecular flexibility index (Phi) is 4.24. The summed E-state index contributed by atoms with van der Waals surface area (Å²) in [4.78, 5) is 12.5. The number of nitrogens with zero attached hydrogens (tertiary/aromatic N) is 2. The Labute approximate surface area is 92.6 Å². The van der Waals surface area contributed by atoms with Crippen LogP contribution < -0.4 is 0 Å². The molecule has 6 heteroatoms. The van der Waals surface area contributed by atoms with Crippen LogP contribution in [0.3, 0.4) is 0 Å². The highest BCUT2D eigenvalue weighted by atomic mass is 32.2. The Balaban J connectivity index is 2.58. The molecule has 1 heterocycles. The minimum absolute atomic E-state index is 0.244. The average molecular weight is 234 g/mol. The van der Waals surface area contributed by atoms with E-state index < -0.39 is 23.0 Å². The van der Waals surface area contributed by atoms with Gasteiger partial charge in [-0.3, -0.25) is 9.69 Å². The first-order valence-corrected chi connectivity index (χ1v) is 6.33. The van der Waals surface area contributed by atoms with Crippen molar-refractivity contribution in [3.8, 4) is 0 Å². The molecule has 0 spiro atoms. The highest BCUT2D eigenvalue weighted by molar-refractivity contribution is 7.82. The van der Waals surface area contributed by atoms with Crippen LogP contribution in [0.25, 0.3) is 0 Å². The molecule has 1 aliphatic heterocycles. The third-order valence-corrected chi connectivity index (χ3v) is 4.31. The van der Waals surface area contributed by atoms with Crippen LogP contribution in [-0.4, -0.2) is 55.5 Å². The van der Waals surface area contributed by atoms with Crippen LogP contribution in [0.4, 0.5) is 0 Å². The summed E-state index contributed by atoms with van der Waals surface area (Å²) in [5.41, 5.74) is 0. The second-order valence-electron chi connectivity index (χ2n) is 4.01. The summed E-state index contributed by atoms with van der Waals surface area (Å²) < 4.78 is 13.7. The van der Waals surface area contributed by atoms with E-state index in [1.54, 1.807) is 11.8 Å². The average Bonchev–Trinajstić information content (AvgIpc) is 2.15. The lowest BCUT2D eigenvalue weighted by atomic mass is 10.3. The molecule has 0 amide bonds. The van der Waals surface area contributed by atoms with E-state index in [1.165, 1.54) is 0 Å². The lowest BCUT2D eigenvalue weighted by Crippen LogP contribution is -2.53. The molecule has 0 radical (unpaired) electrons. The van der Waals surface area contributed by atoms with Crippen molar-refractivity contribution in [2.24, 2.45) is 0 Å². The molecule has 2 unspecified atom stereocenters. The van der Waals surface area contributed by atoms with E-state index in [9.17, 15) is 9.00 Å². The van der Waals surface area contributed by atoms with Gasteiger partial charge in [0.25, 0.3) is 0 Å². The molecule has 88 valence electrons. The van der Waals surface area contributed by atoms with Crippen LogP contribution >= 0.6 is 0 Å². The van der Waals surface area contributed by atoms with Crippen molar-refractivity contribution in [1.82, 2.24) is 9.21 Å². The van der Waals surface area contributed by atoms with Crippen molar-refractivity contribution < 1.29 is 14.1 Å². The summed E-state index contributed by atoms with van der Waals surface area (Å²) in [6.45, 7) is 6.95. The van der Waals surface area contributed by atoms with Gasteiger partial charge in [0.2, 0.25) is 0 Å². The van der Waals surface area contributed by atoms with E-state index in [0.717, 1.165) is 0 Å². The molecule has 0 aromatic heterocycles. The summed E-state index contributed by atoms with van der Waals surface area (Å²) in [6.07, 6.45) is 0. The predicted molar refractivity (Wildman–Crippen MR) is 58.7 cm³/mol. The second-order valence-corrected chi connectivity index (χ2v) is 5.38. The summed E-state index contributed by atoms with van der Waals surface area (Å²) in [5.74, 6) is -0.531. The standard InChI is InChI=1S/C9H18N2O3S/c1-7(2)11-5-4-10(6-15(11)14)8(3)9(12)13/h7-8H,4-6H2,1-3H3,(H,12,13). The minimum Gasteiger partial charge on any atom is -0.480 e. The van der Waals surface area contributed by atoms with Gasteiger partial charge in [0, 0.05) is 19.1 Å². The van der Waals surface area contributed by atoms with Gasteiger partial charge >= 0.3 is 5.97 Å². The molecule has 0 saturated carbocycles. The maximum atomic E-state index is 11.8. The largest absolute Gasteiger partial charge is 0.480 e. The molecule has 0 aromatic rings. The van der Waals surface area contributed by atoms with Gasteiger partial charge in [0.15, 0.2) is 0 Å². The third-order valence-electron chi connectivity index (χ3n) is 2.63. The van der Waals surface area contributed by atoms with Crippen molar-refractivity contribution in [2.45, 2.75) is 32.9 Å². The van der Waals surface area contributed by atoms with Gasteiger partial charge in [0.05, 0.1) is 5.88 Å². The molecule has 5 nitrogen and oxygen atoms in total. The fourth-order valence-electron chi connectivity index (χ4n) is 1.56. The summed E-state index contributed by atoms with van der Waals surface area (Å²) in [6, 6.07) is -0.309. The van der Waals surface area contributed by atoms with Crippen LogP contribution in [0.1, 0.15) is 20.8 Å². The van der Waals surface area contributed by atoms with Gasteiger partial charge in [0.1, 0.15) is 17.0 Å². The first kappa shape index (κ1) is 12.6. The van der Waals surface area contributed by atoms with Gasteiger partial charge in [-0.25, -0.2) is 8.51 Å². The Morgan fingerprint density at radius 2 is 1.93 bits per heavy atom. The molecule has 0 aliphatic carbocycles. The summed E-state index contributed by atoms with van der Waals surface area (Å²) in [7, 11) is -1.08. The molecule has 1 fully saturated rings. The van der Waals surface area contributed by atoms with E-state index in [4.69, 9.17) is 5.11 Å². The lowest BCUT2D eigenvalue weighted by molar-refractivity contribution is -0.142. The van der Waals surface area contributed by atoms with Crippen molar-refractivity contribution in [3.63, 3.8) is 0 Å². The zero-order valence-corrected chi connectivity index (χ0v) is 10.2. The maximum Gasteiger partial charge on any atom is 0.320 e. The van der Waals surface area contributed by atoms with Crippen molar-refractivity contribution in [1.29, 1.82) is 0 Å². The fraction of sp³-hybridized carbons (Fsp3) is 0.889. The topological polar surface area (TPSA) is 60.9 Å². The maximum absolute atomic E-state index is 11.8. The van der Waals surface area contributed by atoms with Crippen LogP contribution in [0.15, 0.2) is 0 Å². The van der Waals surface area contributed by atoms with E-state index >= 15 is 0 Å². The van der Waals surface area contributed by atoms with Gasteiger partial charge in [-0.2, -0.15) is 0 Å². The minimum atomic E-state index is -1.08. The molecular formula is C9H18N2O3S. The van der Waals surface area contributed by atoms with Crippen LogP contribution in [0.2, 0.25) is 0 Å². The normalized spacial score (nSPS) is 26.8. The molecular weight excluding hydrogens is 216 g/mol. The summed E-state index contributed by atoms with van der Waals surface area (Å²) >= 11 is 0. The van der Waals surface area contributed by atoms with Crippen LogP contribution in [-0.2, 0) is 15.8 Å². The molecule has 1 aliphatic rings. The Bertz CT molecular complexity index is 270. The van der Waals surface area contributed by atoms with E-state index in [0.29, 0.717) is 19.0 Å². The lowest BCUT2D eigenvalue weighted by Gasteiger charge is -2.37. The zero-order valence-electron chi connectivity index (χ0n) is 9.34. The first-order chi connectivity index (χ1) is 6.93. The molecule has 2 atom stereocenters. The highest BCUT2D eigenvalue weighted by Crippen LogP contribution is 2.13. The van der Waals surface area contributed by atoms with Gasteiger partial charge < -0.3 is 5.11 Å². The van der Waals surface area contributed by atoms with Gasteiger partial charge in [-0.1, -0.05) is 0 Å². The number of aliphatic carboxylic acids is 1. The molecule has 1 saturated heterocycles. The molecule has 0 aromatic carbocycles. The third kappa shape index (κ3) is 2.99. The van der Waals surface area contributed by atoms with Crippen molar-refractivity contribution in [2.75, 3.05) is 19.0 Å². The Morgan fingerprint density at radius 3 is 2.33 bits per heavy atom. The van der Waals surface area contributed by atoms with E-state index in [1.807, 2.05) is 18.2 Å². The molecule has 1 rings (SSSR count). The SMILES string of the molecule is CC(C(=O)O)N1CCN(C(C)C)S(=O)C1. The number of rotatable bonds is 3. The predicted octanol–water partition coefficient (Wildman–Crippen LogP) is 0.107. The highest BCUT2D eigenvalue weighted by Gasteiger charge is 2.30. The van der Waals surface area contributed by atoms with Crippen LogP contribution in [0, 0.1) is 0 Å². The number of carboxylic acid groups (broad SMARTS) is 1. The van der Waals surface area contributed by atoms with E-state index in [2.05, 4.69) is 0 Å². The molecule has 1 N–H and O–H groups in total. The Morgan fingerprint density at radius 1 is 1.33 bits per heavy atom. The van der Waals surface area contributed by atoms with E-state index in [-0.39, 0.29) is 6.04 Å². The fourth-order valence-corrected chi connectivity index (χ4v) is 3.10. The second kappa shape index (κ2) is 5.05. The number of carboxylic acids is 1. The molecule has 0 bridgehead atoms. The molecule has 15 heavy (non-hydrogen) atoms. The van der Waals surface area contributed by atoms with Gasteiger partial charge in [-0.05, 0) is 20.8 Å². The van der Waals surface area contributed by atoms with Crippen LogP contribution in [0.5, 0.6) is 0 Å².